The van der Waals surface area contributed by atoms with E-state index in [9.17, 15) is 13.2 Å². The molecule has 2 aromatic rings. The van der Waals surface area contributed by atoms with Crippen LogP contribution in [0.1, 0.15) is 18.1 Å². The van der Waals surface area contributed by atoms with E-state index in [1.165, 1.54) is 4.31 Å². The molecule has 1 atom stereocenters. The molecule has 1 N–H and O–H groups in total. The van der Waals surface area contributed by atoms with Crippen LogP contribution in [0.5, 0.6) is 0 Å². The van der Waals surface area contributed by atoms with Gasteiger partial charge >= 0.3 is 0 Å². The monoisotopic (exact) mass is 412 g/mol. The van der Waals surface area contributed by atoms with E-state index in [0.29, 0.717) is 42.3 Å². The van der Waals surface area contributed by atoms with Crippen molar-refractivity contribution in [3.8, 4) is 6.07 Å². The average molecular weight is 413 g/mol. The molecule has 0 spiro atoms. The van der Waals surface area contributed by atoms with Gasteiger partial charge in [-0.15, -0.1) is 0 Å². The molecular formula is C21H24N4O3S. The van der Waals surface area contributed by atoms with Crippen molar-refractivity contribution in [2.45, 2.75) is 24.8 Å². The predicted molar refractivity (Wildman–Crippen MR) is 111 cm³/mol. The van der Waals surface area contributed by atoms with Gasteiger partial charge in [-0.05, 0) is 44.2 Å². The second-order valence-electron chi connectivity index (χ2n) is 7.11. The van der Waals surface area contributed by atoms with E-state index in [0.717, 1.165) is 5.56 Å². The molecule has 0 saturated carbocycles. The van der Waals surface area contributed by atoms with Gasteiger partial charge in [-0.2, -0.15) is 9.57 Å². The first-order chi connectivity index (χ1) is 13.8. The molecule has 2 aromatic carbocycles. The van der Waals surface area contributed by atoms with Crippen LogP contribution in [0.25, 0.3) is 0 Å². The molecule has 1 fully saturated rings. The number of sulfonamides is 1. The Hall–Kier alpha value is -2.73. The number of amides is 1. The lowest BCUT2D eigenvalue weighted by Crippen LogP contribution is -2.53. The Bertz CT molecular complexity index is 1020. The molecule has 0 bridgehead atoms. The van der Waals surface area contributed by atoms with Crippen LogP contribution < -0.4 is 5.32 Å². The van der Waals surface area contributed by atoms with E-state index >= 15 is 0 Å². The number of nitrogens with one attached hydrogen (secondary N) is 1. The first kappa shape index (κ1) is 21.0. The summed E-state index contributed by atoms with van der Waals surface area (Å²) in [5.74, 6) is -0.185. The minimum Gasteiger partial charge on any atom is -0.325 e. The van der Waals surface area contributed by atoms with Crippen molar-refractivity contribution in [2.24, 2.45) is 0 Å². The van der Waals surface area contributed by atoms with Gasteiger partial charge in [0.05, 0.1) is 22.6 Å². The lowest BCUT2D eigenvalue weighted by molar-refractivity contribution is -0.121. The number of nitriles is 1. The molecule has 0 radical (unpaired) electrons. The number of hydrogen-bond acceptors (Lipinski definition) is 5. The number of piperazine rings is 1. The molecule has 0 aromatic heterocycles. The third kappa shape index (κ3) is 4.82. The van der Waals surface area contributed by atoms with Crippen molar-refractivity contribution in [2.75, 3.05) is 31.5 Å². The van der Waals surface area contributed by atoms with Crippen LogP contribution >= 0.6 is 0 Å². The maximum Gasteiger partial charge on any atom is 0.243 e. The first-order valence-corrected chi connectivity index (χ1v) is 10.9. The van der Waals surface area contributed by atoms with Crippen molar-refractivity contribution in [3.63, 3.8) is 0 Å². The summed E-state index contributed by atoms with van der Waals surface area (Å²) in [7, 11) is -3.53. The molecule has 0 aliphatic carbocycles. The summed E-state index contributed by atoms with van der Waals surface area (Å²) in [6.45, 7) is 5.32. The van der Waals surface area contributed by atoms with Crippen molar-refractivity contribution in [3.05, 3.63) is 59.7 Å². The zero-order valence-electron chi connectivity index (χ0n) is 16.5. The normalized spacial score (nSPS) is 16.7. The van der Waals surface area contributed by atoms with Gasteiger partial charge in [0.1, 0.15) is 0 Å². The zero-order chi connectivity index (χ0) is 21.0. The fourth-order valence-corrected chi connectivity index (χ4v) is 4.69. The molecular weight excluding hydrogens is 388 g/mol. The van der Waals surface area contributed by atoms with Gasteiger partial charge in [0.2, 0.25) is 15.9 Å². The van der Waals surface area contributed by atoms with Crippen LogP contribution in [0.15, 0.2) is 53.4 Å². The van der Waals surface area contributed by atoms with Gasteiger partial charge in [-0.3, -0.25) is 9.69 Å². The van der Waals surface area contributed by atoms with Crippen LogP contribution in [0.3, 0.4) is 0 Å². The van der Waals surface area contributed by atoms with Crippen molar-refractivity contribution in [1.29, 1.82) is 5.26 Å². The second kappa shape index (κ2) is 8.74. The number of hydrogen-bond donors (Lipinski definition) is 1. The molecule has 1 unspecified atom stereocenters. The van der Waals surface area contributed by atoms with Gasteiger partial charge < -0.3 is 5.32 Å². The highest BCUT2D eigenvalue weighted by Gasteiger charge is 2.31. The molecule has 1 heterocycles. The third-order valence-corrected chi connectivity index (χ3v) is 7.03. The third-order valence-electron chi connectivity index (χ3n) is 5.12. The highest BCUT2D eigenvalue weighted by Crippen LogP contribution is 2.19. The van der Waals surface area contributed by atoms with Gasteiger partial charge in [0.15, 0.2) is 0 Å². The topological polar surface area (TPSA) is 93.5 Å². The number of rotatable bonds is 5. The Kier molecular flexibility index (Phi) is 6.33. The number of carbonyl (C=O) groups excluding carboxylic acids is 1. The molecule has 1 saturated heterocycles. The highest BCUT2D eigenvalue weighted by molar-refractivity contribution is 7.89. The fraction of sp³-hybridized carbons (Fsp3) is 0.333. The average Bonchev–Trinajstić information content (AvgIpc) is 2.73. The number of carbonyl (C=O) groups is 1. The molecule has 3 rings (SSSR count). The summed E-state index contributed by atoms with van der Waals surface area (Å²) in [5, 5.41) is 11.8. The van der Waals surface area contributed by atoms with Crippen LogP contribution in [0, 0.1) is 18.3 Å². The zero-order valence-corrected chi connectivity index (χ0v) is 17.3. The van der Waals surface area contributed by atoms with E-state index in [1.54, 1.807) is 55.5 Å². The number of benzene rings is 2. The van der Waals surface area contributed by atoms with E-state index in [1.807, 2.05) is 17.9 Å². The standard InChI is InChI=1S/C21H24N4O3S/c1-16-6-8-20(9-7-16)29(27,28)25-12-10-24(11-13-25)17(2)21(26)23-19-5-3-4-18(14-19)15-22/h3-9,14,17H,10-13H2,1-2H3,(H,23,26). The van der Waals surface area contributed by atoms with Crippen molar-refractivity contribution in [1.82, 2.24) is 9.21 Å². The maximum atomic E-state index is 12.8. The smallest absolute Gasteiger partial charge is 0.243 e. The van der Waals surface area contributed by atoms with E-state index < -0.39 is 16.1 Å². The summed E-state index contributed by atoms with van der Waals surface area (Å²) >= 11 is 0. The van der Waals surface area contributed by atoms with E-state index in [2.05, 4.69) is 5.32 Å². The number of anilines is 1. The fourth-order valence-electron chi connectivity index (χ4n) is 3.27. The quantitative estimate of drug-likeness (QED) is 0.813. The molecule has 1 aliphatic heterocycles. The van der Waals surface area contributed by atoms with Crippen LogP contribution in [-0.4, -0.2) is 55.8 Å². The lowest BCUT2D eigenvalue weighted by Gasteiger charge is -2.36. The predicted octanol–water partition coefficient (Wildman–Crippen LogP) is 2.20. The summed E-state index contributed by atoms with van der Waals surface area (Å²) in [6.07, 6.45) is 0. The van der Waals surface area contributed by atoms with Gasteiger partial charge in [0, 0.05) is 31.9 Å². The number of aryl methyl sites for hydroxylation is 1. The SMILES string of the molecule is Cc1ccc(S(=O)(=O)N2CCN(C(C)C(=O)Nc3cccc(C#N)c3)CC2)cc1. The second-order valence-corrected chi connectivity index (χ2v) is 9.05. The molecule has 1 aliphatic rings. The Morgan fingerprint density at radius 1 is 1.10 bits per heavy atom. The largest absolute Gasteiger partial charge is 0.325 e. The van der Waals surface area contributed by atoms with E-state index in [4.69, 9.17) is 5.26 Å². The highest BCUT2D eigenvalue weighted by atomic mass is 32.2. The van der Waals surface area contributed by atoms with Gasteiger partial charge in [-0.1, -0.05) is 23.8 Å². The van der Waals surface area contributed by atoms with Gasteiger partial charge in [0.25, 0.3) is 0 Å². The molecule has 152 valence electrons. The summed E-state index contributed by atoms with van der Waals surface area (Å²) in [6, 6.07) is 15.2. The van der Waals surface area contributed by atoms with Crippen molar-refractivity contribution < 1.29 is 13.2 Å². The first-order valence-electron chi connectivity index (χ1n) is 9.43. The van der Waals surface area contributed by atoms with Crippen LogP contribution in [0.4, 0.5) is 5.69 Å². The molecule has 29 heavy (non-hydrogen) atoms. The maximum absolute atomic E-state index is 12.8. The molecule has 1 amide bonds. The van der Waals surface area contributed by atoms with E-state index in [-0.39, 0.29) is 5.91 Å². The lowest BCUT2D eigenvalue weighted by atomic mass is 10.2. The Labute approximate surface area is 171 Å². The summed E-state index contributed by atoms with van der Waals surface area (Å²) in [4.78, 5) is 14.8. The molecule has 7 nitrogen and oxygen atoms in total. The van der Waals surface area contributed by atoms with Crippen LogP contribution in [-0.2, 0) is 14.8 Å². The summed E-state index contributed by atoms with van der Waals surface area (Å²) in [5.41, 5.74) is 2.06. The minimum absolute atomic E-state index is 0.185. The van der Waals surface area contributed by atoms with Gasteiger partial charge in [-0.25, -0.2) is 8.42 Å². The van der Waals surface area contributed by atoms with Crippen LogP contribution in [0.2, 0.25) is 0 Å². The minimum atomic E-state index is -3.53. The Morgan fingerprint density at radius 2 is 1.76 bits per heavy atom. The van der Waals surface area contributed by atoms with Crippen molar-refractivity contribution >= 4 is 21.6 Å². The summed E-state index contributed by atoms with van der Waals surface area (Å²) < 4.78 is 27.1. The Balaban J connectivity index is 1.60. The number of nitrogens with zero attached hydrogens (tertiary/aromatic N) is 3. The molecule has 8 heteroatoms. The Morgan fingerprint density at radius 3 is 2.38 bits per heavy atom.